The van der Waals surface area contributed by atoms with Gasteiger partial charge < -0.3 is 10.2 Å². The lowest BCUT2D eigenvalue weighted by Crippen LogP contribution is -2.48. The molecule has 1 saturated heterocycles. The number of halogens is 1. The maximum atomic E-state index is 12.4. The van der Waals surface area contributed by atoms with Crippen molar-refractivity contribution in [2.75, 3.05) is 19.6 Å². The van der Waals surface area contributed by atoms with Gasteiger partial charge in [-0.3, -0.25) is 4.79 Å². The van der Waals surface area contributed by atoms with E-state index in [-0.39, 0.29) is 18.3 Å². The SMILES string of the molecule is CCCC(C)C(=O)N(CCC)C1CCNCC1.Cl. The second-order valence-corrected chi connectivity index (χ2v) is 5.20. The molecule has 0 aromatic rings. The van der Waals surface area contributed by atoms with Crippen molar-refractivity contribution in [2.45, 2.75) is 58.9 Å². The van der Waals surface area contributed by atoms with Crippen LogP contribution in [0.15, 0.2) is 0 Å². The number of amides is 1. The van der Waals surface area contributed by atoms with E-state index in [9.17, 15) is 4.79 Å². The van der Waals surface area contributed by atoms with Crippen molar-refractivity contribution in [3.63, 3.8) is 0 Å². The molecule has 0 aromatic carbocycles. The van der Waals surface area contributed by atoms with Crippen LogP contribution >= 0.6 is 12.4 Å². The molecule has 0 saturated carbocycles. The summed E-state index contributed by atoms with van der Waals surface area (Å²) in [6, 6.07) is 0.475. The molecule has 1 N–H and O–H groups in total. The molecule has 4 heteroatoms. The quantitative estimate of drug-likeness (QED) is 0.809. The van der Waals surface area contributed by atoms with Gasteiger partial charge in [-0.1, -0.05) is 27.2 Å². The first-order chi connectivity index (χ1) is 8.20. The molecule has 18 heavy (non-hydrogen) atoms. The number of carbonyl (C=O) groups is 1. The number of hydrogen-bond donors (Lipinski definition) is 1. The number of hydrogen-bond acceptors (Lipinski definition) is 2. The van der Waals surface area contributed by atoms with Gasteiger partial charge in [-0.05, 0) is 38.8 Å². The lowest BCUT2D eigenvalue weighted by Gasteiger charge is -2.36. The van der Waals surface area contributed by atoms with Gasteiger partial charge in [0, 0.05) is 18.5 Å². The highest BCUT2D eigenvalue weighted by Gasteiger charge is 2.27. The molecule has 0 aromatic heterocycles. The predicted molar refractivity (Wildman–Crippen MR) is 79.2 cm³/mol. The van der Waals surface area contributed by atoms with Gasteiger partial charge in [-0.25, -0.2) is 0 Å². The van der Waals surface area contributed by atoms with Crippen LogP contribution in [0, 0.1) is 5.92 Å². The van der Waals surface area contributed by atoms with Crippen LogP contribution in [0.4, 0.5) is 0 Å². The summed E-state index contributed by atoms with van der Waals surface area (Å²) in [5.74, 6) is 0.571. The van der Waals surface area contributed by atoms with Crippen LogP contribution in [0.1, 0.15) is 52.9 Å². The summed E-state index contributed by atoms with van der Waals surface area (Å²) in [4.78, 5) is 14.6. The van der Waals surface area contributed by atoms with E-state index in [2.05, 4.69) is 31.0 Å². The summed E-state index contributed by atoms with van der Waals surface area (Å²) in [5.41, 5.74) is 0. The molecule has 1 heterocycles. The van der Waals surface area contributed by atoms with Crippen LogP contribution in [0.2, 0.25) is 0 Å². The largest absolute Gasteiger partial charge is 0.339 e. The number of nitrogens with zero attached hydrogens (tertiary/aromatic N) is 1. The third kappa shape index (κ3) is 5.15. The van der Waals surface area contributed by atoms with Gasteiger partial charge >= 0.3 is 0 Å². The van der Waals surface area contributed by atoms with Crippen molar-refractivity contribution in [1.29, 1.82) is 0 Å². The van der Waals surface area contributed by atoms with E-state index in [4.69, 9.17) is 0 Å². The van der Waals surface area contributed by atoms with Crippen LogP contribution in [0.25, 0.3) is 0 Å². The Morgan fingerprint density at radius 1 is 1.28 bits per heavy atom. The smallest absolute Gasteiger partial charge is 0.225 e. The maximum absolute atomic E-state index is 12.4. The van der Waals surface area contributed by atoms with Crippen LogP contribution in [-0.2, 0) is 4.79 Å². The average Bonchev–Trinajstić information content (AvgIpc) is 2.36. The number of piperidine rings is 1. The summed E-state index contributed by atoms with van der Waals surface area (Å²) in [7, 11) is 0. The Labute approximate surface area is 118 Å². The van der Waals surface area contributed by atoms with Crippen LogP contribution < -0.4 is 5.32 Å². The Hall–Kier alpha value is -0.280. The molecule has 0 spiro atoms. The molecule has 1 fully saturated rings. The molecule has 1 unspecified atom stereocenters. The van der Waals surface area contributed by atoms with E-state index in [1.165, 1.54) is 0 Å². The fraction of sp³-hybridized carbons (Fsp3) is 0.929. The van der Waals surface area contributed by atoms with Gasteiger partial charge in [-0.2, -0.15) is 0 Å². The van der Waals surface area contributed by atoms with Gasteiger partial charge in [-0.15, -0.1) is 12.4 Å². The number of carbonyl (C=O) groups excluding carboxylic acids is 1. The second kappa shape index (κ2) is 9.62. The Bertz CT molecular complexity index is 230. The molecular formula is C14H29ClN2O. The summed E-state index contributed by atoms with van der Waals surface area (Å²) < 4.78 is 0. The molecule has 3 nitrogen and oxygen atoms in total. The molecule has 108 valence electrons. The molecular weight excluding hydrogens is 248 g/mol. The lowest BCUT2D eigenvalue weighted by molar-refractivity contribution is -0.138. The molecule has 0 aliphatic carbocycles. The van der Waals surface area contributed by atoms with E-state index in [1.807, 2.05) is 0 Å². The zero-order chi connectivity index (χ0) is 12.7. The highest BCUT2D eigenvalue weighted by molar-refractivity contribution is 5.85. The van der Waals surface area contributed by atoms with Gasteiger partial charge in [0.2, 0.25) is 5.91 Å². The van der Waals surface area contributed by atoms with Crippen molar-refractivity contribution in [3.8, 4) is 0 Å². The normalized spacial score (nSPS) is 17.9. The summed E-state index contributed by atoms with van der Waals surface area (Å²) in [6.45, 7) is 9.43. The fourth-order valence-corrected chi connectivity index (χ4v) is 2.67. The van der Waals surface area contributed by atoms with Crippen molar-refractivity contribution >= 4 is 18.3 Å². The van der Waals surface area contributed by atoms with Crippen molar-refractivity contribution in [3.05, 3.63) is 0 Å². The number of rotatable bonds is 6. The zero-order valence-electron chi connectivity index (χ0n) is 12.1. The minimum absolute atomic E-state index is 0. The minimum Gasteiger partial charge on any atom is -0.339 e. The topological polar surface area (TPSA) is 32.3 Å². The van der Waals surface area contributed by atoms with E-state index in [0.29, 0.717) is 11.9 Å². The molecule has 1 rings (SSSR count). The third-order valence-electron chi connectivity index (χ3n) is 3.64. The van der Waals surface area contributed by atoms with E-state index in [0.717, 1.165) is 51.7 Å². The standard InChI is InChI=1S/C14H28N2O.ClH/c1-4-6-12(3)14(17)16(11-5-2)13-7-9-15-10-8-13;/h12-13,15H,4-11H2,1-3H3;1H. The van der Waals surface area contributed by atoms with Crippen molar-refractivity contribution in [1.82, 2.24) is 10.2 Å². The zero-order valence-corrected chi connectivity index (χ0v) is 12.9. The van der Waals surface area contributed by atoms with E-state index < -0.39 is 0 Å². The highest BCUT2D eigenvalue weighted by atomic mass is 35.5. The Kier molecular flexibility index (Phi) is 9.47. The monoisotopic (exact) mass is 276 g/mol. The maximum Gasteiger partial charge on any atom is 0.225 e. The van der Waals surface area contributed by atoms with Crippen LogP contribution in [0.3, 0.4) is 0 Å². The van der Waals surface area contributed by atoms with Gasteiger partial charge in [0.1, 0.15) is 0 Å². The van der Waals surface area contributed by atoms with E-state index >= 15 is 0 Å². The first-order valence-corrected chi connectivity index (χ1v) is 7.21. The number of nitrogens with one attached hydrogen (secondary N) is 1. The summed E-state index contributed by atoms with van der Waals surface area (Å²) in [6.07, 6.45) is 5.41. The van der Waals surface area contributed by atoms with Crippen molar-refractivity contribution < 1.29 is 4.79 Å². The molecule has 1 amide bonds. The van der Waals surface area contributed by atoms with Crippen LogP contribution in [0.5, 0.6) is 0 Å². The summed E-state index contributed by atoms with van der Waals surface area (Å²) in [5, 5.41) is 3.37. The van der Waals surface area contributed by atoms with Crippen LogP contribution in [-0.4, -0.2) is 36.5 Å². The Morgan fingerprint density at radius 3 is 2.39 bits per heavy atom. The first-order valence-electron chi connectivity index (χ1n) is 7.21. The fourth-order valence-electron chi connectivity index (χ4n) is 2.67. The first kappa shape index (κ1) is 17.7. The highest BCUT2D eigenvalue weighted by Crippen LogP contribution is 2.18. The summed E-state index contributed by atoms with van der Waals surface area (Å²) >= 11 is 0. The lowest BCUT2D eigenvalue weighted by atomic mass is 9.99. The molecule has 1 aliphatic rings. The Morgan fingerprint density at radius 2 is 1.89 bits per heavy atom. The van der Waals surface area contributed by atoms with E-state index in [1.54, 1.807) is 0 Å². The molecule has 0 bridgehead atoms. The minimum atomic E-state index is 0. The van der Waals surface area contributed by atoms with Gasteiger partial charge in [0.05, 0.1) is 0 Å². The molecule has 1 aliphatic heterocycles. The molecule has 0 radical (unpaired) electrons. The second-order valence-electron chi connectivity index (χ2n) is 5.20. The molecule has 1 atom stereocenters. The average molecular weight is 277 g/mol. The van der Waals surface area contributed by atoms with Gasteiger partial charge in [0.25, 0.3) is 0 Å². The predicted octanol–water partition coefficient (Wildman–Crippen LogP) is 2.84. The third-order valence-corrected chi connectivity index (χ3v) is 3.64. The Balaban J connectivity index is 0.00000289. The van der Waals surface area contributed by atoms with Gasteiger partial charge in [0.15, 0.2) is 0 Å². The van der Waals surface area contributed by atoms with Crippen molar-refractivity contribution in [2.24, 2.45) is 5.92 Å².